The Bertz CT molecular complexity index is 1680. The number of para-hydroxylation sites is 2. The van der Waals surface area contributed by atoms with Gasteiger partial charge in [0.2, 0.25) is 0 Å². The van der Waals surface area contributed by atoms with Crippen LogP contribution in [0.4, 0.5) is 11.4 Å². The molecule has 0 saturated heterocycles. The predicted molar refractivity (Wildman–Crippen MR) is 141 cm³/mol. The summed E-state index contributed by atoms with van der Waals surface area (Å²) in [5.74, 6) is 0.380. The van der Waals surface area contributed by atoms with Crippen LogP contribution in [0.5, 0.6) is 11.5 Å². The summed E-state index contributed by atoms with van der Waals surface area (Å²) in [5.41, 5.74) is 4.15. The average Bonchev–Trinajstić information content (AvgIpc) is 3.22. The molecule has 0 radical (unpaired) electrons. The SMILES string of the molecule is Cc1ccccc1Oc1cc(NC(=O)c2cc(-c3cn(C)nc3C)nc3ccccc23)cc([N+](=O)[O-])c1. The molecule has 9 heteroatoms. The van der Waals surface area contributed by atoms with E-state index < -0.39 is 10.8 Å². The number of hydrogen-bond acceptors (Lipinski definition) is 6. The molecule has 184 valence electrons. The van der Waals surface area contributed by atoms with Crippen molar-refractivity contribution in [3.63, 3.8) is 0 Å². The Morgan fingerprint density at radius 2 is 1.78 bits per heavy atom. The van der Waals surface area contributed by atoms with Gasteiger partial charge in [-0.3, -0.25) is 19.6 Å². The standard InChI is InChI=1S/C28H23N5O4/c1-17-8-4-7-11-27(17)37-21-13-19(12-20(14-21)33(35)36)29-28(34)23-15-26(24-16-32(3)31-18(24)2)30-25-10-6-5-9-22(23)25/h4-16H,1-3H3,(H,29,34). The summed E-state index contributed by atoms with van der Waals surface area (Å²) >= 11 is 0. The lowest BCUT2D eigenvalue weighted by molar-refractivity contribution is -0.384. The van der Waals surface area contributed by atoms with Crippen molar-refractivity contribution < 1.29 is 14.5 Å². The fraction of sp³-hybridized carbons (Fsp3) is 0.107. The Balaban J connectivity index is 1.54. The maximum absolute atomic E-state index is 13.5. The van der Waals surface area contributed by atoms with Crippen LogP contribution in [-0.2, 0) is 7.05 Å². The number of nitro groups is 1. The largest absolute Gasteiger partial charge is 0.457 e. The number of rotatable bonds is 6. The molecule has 0 fully saturated rings. The Hall–Kier alpha value is -5.05. The van der Waals surface area contributed by atoms with Crippen molar-refractivity contribution in [3.05, 3.63) is 106 Å². The van der Waals surface area contributed by atoms with E-state index in [-0.39, 0.29) is 17.1 Å². The van der Waals surface area contributed by atoms with Gasteiger partial charge in [0.05, 0.1) is 39.1 Å². The topological polar surface area (TPSA) is 112 Å². The molecule has 37 heavy (non-hydrogen) atoms. The van der Waals surface area contributed by atoms with Gasteiger partial charge in [0, 0.05) is 36.3 Å². The molecule has 5 aromatic rings. The van der Waals surface area contributed by atoms with Crippen molar-refractivity contribution in [1.29, 1.82) is 0 Å². The first-order chi connectivity index (χ1) is 17.8. The summed E-state index contributed by atoms with van der Waals surface area (Å²) in [6.45, 7) is 3.76. The number of nitrogens with one attached hydrogen (secondary N) is 1. The molecule has 2 aromatic heterocycles. The van der Waals surface area contributed by atoms with Crippen molar-refractivity contribution >= 4 is 28.2 Å². The number of ether oxygens (including phenoxy) is 1. The van der Waals surface area contributed by atoms with E-state index in [0.29, 0.717) is 27.9 Å². The molecule has 0 saturated carbocycles. The van der Waals surface area contributed by atoms with Crippen LogP contribution < -0.4 is 10.1 Å². The first-order valence-electron chi connectivity index (χ1n) is 11.5. The highest BCUT2D eigenvalue weighted by atomic mass is 16.6. The number of amides is 1. The quantitative estimate of drug-likeness (QED) is 0.222. The highest BCUT2D eigenvalue weighted by Crippen LogP contribution is 2.32. The summed E-state index contributed by atoms with van der Waals surface area (Å²) in [6, 6.07) is 20.6. The van der Waals surface area contributed by atoms with Crippen LogP contribution in [0.25, 0.3) is 22.2 Å². The van der Waals surface area contributed by atoms with Gasteiger partial charge in [-0.1, -0.05) is 36.4 Å². The second-order valence-electron chi connectivity index (χ2n) is 8.67. The molecule has 0 aliphatic rings. The third-order valence-electron chi connectivity index (χ3n) is 5.93. The van der Waals surface area contributed by atoms with Gasteiger partial charge >= 0.3 is 0 Å². The molecule has 0 aliphatic carbocycles. The molecule has 3 aromatic carbocycles. The average molecular weight is 494 g/mol. The van der Waals surface area contributed by atoms with Gasteiger partial charge in [-0.15, -0.1) is 0 Å². The lowest BCUT2D eigenvalue weighted by atomic mass is 10.0. The number of non-ortho nitro benzene ring substituents is 1. The summed E-state index contributed by atoms with van der Waals surface area (Å²) in [5, 5.41) is 19.5. The Kier molecular flexibility index (Phi) is 6.10. The fourth-order valence-electron chi connectivity index (χ4n) is 4.17. The van der Waals surface area contributed by atoms with Crippen molar-refractivity contribution in [2.45, 2.75) is 13.8 Å². The minimum absolute atomic E-state index is 0.201. The number of carbonyl (C=O) groups is 1. The maximum Gasteiger partial charge on any atom is 0.275 e. The van der Waals surface area contributed by atoms with E-state index in [1.807, 2.05) is 69.6 Å². The Morgan fingerprint density at radius 1 is 1.03 bits per heavy atom. The fourth-order valence-corrected chi connectivity index (χ4v) is 4.17. The molecular weight excluding hydrogens is 470 g/mol. The monoisotopic (exact) mass is 493 g/mol. The molecule has 0 spiro atoms. The molecule has 1 amide bonds. The molecule has 5 rings (SSSR count). The van der Waals surface area contributed by atoms with Gasteiger partial charge in [-0.2, -0.15) is 5.10 Å². The zero-order chi connectivity index (χ0) is 26.1. The number of aryl methyl sites for hydroxylation is 3. The highest BCUT2D eigenvalue weighted by Gasteiger charge is 2.18. The minimum Gasteiger partial charge on any atom is -0.457 e. The van der Waals surface area contributed by atoms with Gasteiger partial charge in [-0.25, -0.2) is 4.98 Å². The van der Waals surface area contributed by atoms with Gasteiger partial charge < -0.3 is 10.1 Å². The number of nitro benzene ring substituents is 1. The van der Waals surface area contributed by atoms with E-state index >= 15 is 0 Å². The molecule has 0 unspecified atom stereocenters. The predicted octanol–water partition coefficient (Wildman–Crippen LogP) is 6.20. The summed E-state index contributed by atoms with van der Waals surface area (Å²) < 4.78 is 7.61. The number of nitrogens with zero attached hydrogens (tertiary/aromatic N) is 4. The Morgan fingerprint density at radius 3 is 2.51 bits per heavy atom. The zero-order valence-electron chi connectivity index (χ0n) is 20.4. The number of pyridine rings is 1. The molecule has 2 heterocycles. The lowest BCUT2D eigenvalue weighted by Gasteiger charge is -2.12. The van der Waals surface area contributed by atoms with Crippen LogP contribution in [-0.4, -0.2) is 25.6 Å². The highest BCUT2D eigenvalue weighted by molar-refractivity contribution is 6.13. The normalized spacial score (nSPS) is 10.9. The van der Waals surface area contributed by atoms with Crippen LogP contribution in [0.3, 0.4) is 0 Å². The summed E-state index contributed by atoms with van der Waals surface area (Å²) in [7, 11) is 1.82. The first kappa shape index (κ1) is 23.7. The second-order valence-corrected chi connectivity index (χ2v) is 8.67. The van der Waals surface area contributed by atoms with Crippen molar-refractivity contribution in [3.8, 4) is 22.8 Å². The van der Waals surface area contributed by atoms with Crippen LogP contribution in [0.15, 0.2) is 79.0 Å². The molecule has 0 bridgehead atoms. The molecule has 9 nitrogen and oxygen atoms in total. The third kappa shape index (κ3) is 4.87. The number of aromatic nitrogens is 3. The van der Waals surface area contributed by atoms with Crippen LogP contribution in [0.1, 0.15) is 21.6 Å². The van der Waals surface area contributed by atoms with E-state index in [1.54, 1.807) is 22.9 Å². The maximum atomic E-state index is 13.5. The van der Waals surface area contributed by atoms with Crippen molar-refractivity contribution in [2.75, 3.05) is 5.32 Å². The van der Waals surface area contributed by atoms with Gasteiger partial charge in [-0.05, 0) is 37.6 Å². The summed E-state index contributed by atoms with van der Waals surface area (Å²) in [6.07, 6.45) is 1.85. The van der Waals surface area contributed by atoms with Crippen LogP contribution in [0, 0.1) is 24.0 Å². The van der Waals surface area contributed by atoms with E-state index in [2.05, 4.69) is 10.4 Å². The smallest absolute Gasteiger partial charge is 0.275 e. The number of hydrogen-bond donors (Lipinski definition) is 1. The van der Waals surface area contributed by atoms with E-state index in [1.165, 1.54) is 12.1 Å². The molecular formula is C28H23N5O4. The number of benzene rings is 3. The molecule has 1 N–H and O–H groups in total. The molecule has 0 aliphatic heterocycles. The lowest BCUT2D eigenvalue weighted by Crippen LogP contribution is -2.13. The number of anilines is 1. The molecule has 0 atom stereocenters. The van der Waals surface area contributed by atoms with Crippen LogP contribution in [0.2, 0.25) is 0 Å². The van der Waals surface area contributed by atoms with Gasteiger partial charge in [0.15, 0.2) is 0 Å². The van der Waals surface area contributed by atoms with Gasteiger partial charge in [0.1, 0.15) is 11.5 Å². The van der Waals surface area contributed by atoms with Crippen LogP contribution >= 0.6 is 0 Å². The Labute approximate surface area is 212 Å². The first-order valence-corrected chi connectivity index (χ1v) is 11.5. The minimum atomic E-state index is -0.522. The van der Waals surface area contributed by atoms with Crippen molar-refractivity contribution in [2.24, 2.45) is 7.05 Å². The summed E-state index contributed by atoms with van der Waals surface area (Å²) in [4.78, 5) is 29.4. The van der Waals surface area contributed by atoms with E-state index in [4.69, 9.17) is 9.72 Å². The van der Waals surface area contributed by atoms with E-state index in [9.17, 15) is 14.9 Å². The zero-order valence-corrected chi connectivity index (χ0v) is 20.4. The van der Waals surface area contributed by atoms with E-state index in [0.717, 1.165) is 16.8 Å². The van der Waals surface area contributed by atoms with Crippen molar-refractivity contribution in [1.82, 2.24) is 14.8 Å². The third-order valence-corrected chi connectivity index (χ3v) is 5.93. The number of fused-ring (bicyclic) bond motifs is 1. The number of carbonyl (C=O) groups excluding carboxylic acids is 1. The second kappa shape index (κ2) is 9.54. The van der Waals surface area contributed by atoms with Gasteiger partial charge in [0.25, 0.3) is 11.6 Å².